The topological polar surface area (TPSA) is 85.3 Å². The molecule has 0 spiro atoms. The van der Waals surface area contributed by atoms with Crippen molar-refractivity contribution in [2.24, 2.45) is 0 Å². The number of hydrogen-bond donors (Lipinski definition) is 1. The number of rotatable bonds is 3. The average molecular weight is 333 g/mol. The van der Waals surface area contributed by atoms with E-state index in [1.54, 1.807) is 22.8 Å². The third kappa shape index (κ3) is 2.76. The summed E-state index contributed by atoms with van der Waals surface area (Å²) in [5, 5.41) is 7.11. The van der Waals surface area contributed by atoms with Crippen molar-refractivity contribution in [1.29, 1.82) is 0 Å². The number of benzene rings is 1. The molecule has 3 aromatic heterocycles. The van der Waals surface area contributed by atoms with Crippen LogP contribution < -0.4 is 5.32 Å². The molecule has 0 aliphatic heterocycles. The van der Waals surface area contributed by atoms with E-state index in [0.717, 1.165) is 17.0 Å². The van der Waals surface area contributed by atoms with Gasteiger partial charge in [-0.1, -0.05) is 0 Å². The van der Waals surface area contributed by atoms with Crippen LogP contribution in [-0.2, 0) is 0 Å². The minimum Gasteiger partial charge on any atom is -0.445 e. The summed E-state index contributed by atoms with van der Waals surface area (Å²) in [7, 11) is 0. The Labute approximate surface area is 143 Å². The van der Waals surface area contributed by atoms with Crippen LogP contribution >= 0.6 is 0 Å². The number of oxazole rings is 1. The fourth-order valence-corrected chi connectivity index (χ4v) is 2.69. The Hall–Kier alpha value is -3.48. The fraction of sp³-hybridized carbons (Fsp3) is 0.111. The highest BCUT2D eigenvalue weighted by molar-refractivity contribution is 6.08. The zero-order chi connectivity index (χ0) is 17.4. The zero-order valence-corrected chi connectivity index (χ0v) is 13.7. The molecule has 124 valence electrons. The van der Waals surface area contributed by atoms with Crippen LogP contribution in [0.4, 0.5) is 5.69 Å². The Kier molecular flexibility index (Phi) is 3.53. The van der Waals surface area contributed by atoms with Gasteiger partial charge >= 0.3 is 0 Å². The van der Waals surface area contributed by atoms with Crippen molar-refractivity contribution in [3.05, 3.63) is 65.9 Å². The second-order valence-electron chi connectivity index (χ2n) is 5.70. The van der Waals surface area contributed by atoms with Gasteiger partial charge in [0.05, 0.1) is 12.4 Å². The summed E-state index contributed by atoms with van der Waals surface area (Å²) in [6, 6.07) is 9.19. The highest BCUT2D eigenvalue weighted by atomic mass is 16.3. The van der Waals surface area contributed by atoms with Gasteiger partial charge in [-0.3, -0.25) is 4.79 Å². The maximum atomic E-state index is 12.6. The molecule has 0 aliphatic rings. The average Bonchev–Trinajstić information content (AvgIpc) is 3.25. The number of amides is 1. The van der Waals surface area contributed by atoms with E-state index >= 15 is 0 Å². The summed E-state index contributed by atoms with van der Waals surface area (Å²) >= 11 is 0. The molecule has 7 heteroatoms. The van der Waals surface area contributed by atoms with Crippen molar-refractivity contribution in [1.82, 2.24) is 19.6 Å². The quantitative estimate of drug-likeness (QED) is 0.622. The molecular weight excluding hydrogens is 318 g/mol. The smallest absolute Gasteiger partial charge is 0.261 e. The number of carbonyl (C=O) groups excluding carboxylic acids is 1. The summed E-state index contributed by atoms with van der Waals surface area (Å²) in [5.41, 5.74) is 4.26. The summed E-state index contributed by atoms with van der Waals surface area (Å²) in [5.74, 6) is 0.284. The van der Waals surface area contributed by atoms with Crippen LogP contribution in [0.3, 0.4) is 0 Å². The predicted molar refractivity (Wildman–Crippen MR) is 92.4 cm³/mol. The minimum absolute atomic E-state index is 0.253. The number of nitrogens with one attached hydrogen (secondary N) is 1. The molecule has 0 saturated carbocycles. The van der Waals surface area contributed by atoms with Crippen LogP contribution in [0.25, 0.3) is 17.1 Å². The van der Waals surface area contributed by atoms with Crippen LogP contribution in [0.5, 0.6) is 0 Å². The van der Waals surface area contributed by atoms with Crippen molar-refractivity contribution in [3.8, 4) is 11.5 Å². The number of carbonyl (C=O) groups is 1. The van der Waals surface area contributed by atoms with Crippen LogP contribution in [0, 0.1) is 13.8 Å². The molecule has 0 unspecified atom stereocenters. The first-order chi connectivity index (χ1) is 12.1. The van der Waals surface area contributed by atoms with Crippen LogP contribution in [-0.4, -0.2) is 25.5 Å². The molecule has 0 aliphatic carbocycles. The van der Waals surface area contributed by atoms with Gasteiger partial charge < -0.3 is 9.73 Å². The third-order valence-corrected chi connectivity index (χ3v) is 3.84. The van der Waals surface area contributed by atoms with Crippen molar-refractivity contribution in [3.63, 3.8) is 0 Å². The van der Waals surface area contributed by atoms with Gasteiger partial charge in [-0.05, 0) is 44.2 Å². The van der Waals surface area contributed by atoms with Gasteiger partial charge in [0.1, 0.15) is 11.8 Å². The van der Waals surface area contributed by atoms with E-state index in [0.29, 0.717) is 22.8 Å². The molecule has 4 rings (SSSR count). The fourth-order valence-electron chi connectivity index (χ4n) is 2.69. The van der Waals surface area contributed by atoms with Gasteiger partial charge in [-0.25, -0.2) is 14.5 Å². The molecule has 4 aromatic rings. The first kappa shape index (κ1) is 15.1. The largest absolute Gasteiger partial charge is 0.445 e. The maximum Gasteiger partial charge on any atom is 0.261 e. The lowest BCUT2D eigenvalue weighted by atomic mass is 10.2. The van der Waals surface area contributed by atoms with E-state index in [2.05, 4.69) is 20.4 Å². The van der Waals surface area contributed by atoms with Gasteiger partial charge in [0.2, 0.25) is 5.89 Å². The maximum absolute atomic E-state index is 12.6. The van der Waals surface area contributed by atoms with Crippen LogP contribution in [0.15, 0.2) is 53.4 Å². The Bertz CT molecular complexity index is 1050. The highest BCUT2D eigenvalue weighted by Crippen LogP contribution is 2.20. The number of nitrogens with zero attached hydrogens (tertiary/aromatic N) is 4. The Morgan fingerprint density at radius 2 is 2.00 bits per heavy atom. The molecule has 0 saturated heterocycles. The van der Waals surface area contributed by atoms with Gasteiger partial charge in [-0.2, -0.15) is 5.10 Å². The molecule has 3 heterocycles. The van der Waals surface area contributed by atoms with E-state index < -0.39 is 0 Å². The third-order valence-electron chi connectivity index (χ3n) is 3.84. The lowest BCUT2D eigenvalue weighted by Gasteiger charge is -2.05. The highest BCUT2D eigenvalue weighted by Gasteiger charge is 2.15. The molecule has 7 nitrogen and oxygen atoms in total. The first-order valence-electron chi connectivity index (χ1n) is 7.75. The summed E-state index contributed by atoms with van der Waals surface area (Å²) < 4.78 is 6.91. The van der Waals surface area contributed by atoms with E-state index in [9.17, 15) is 4.79 Å². The molecule has 25 heavy (non-hydrogen) atoms. The monoisotopic (exact) mass is 333 g/mol. The van der Waals surface area contributed by atoms with Gasteiger partial charge in [0.25, 0.3) is 5.91 Å². The molecule has 1 amide bonds. The first-order valence-corrected chi connectivity index (χ1v) is 7.75. The molecular formula is C18H15N5O2. The molecule has 1 N–H and O–H groups in total. The van der Waals surface area contributed by atoms with E-state index in [1.807, 2.05) is 32.0 Å². The van der Waals surface area contributed by atoms with Crippen LogP contribution in [0.1, 0.15) is 21.7 Å². The van der Waals surface area contributed by atoms with E-state index in [1.165, 1.54) is 12.5 Å². The van der Waals surface area contributed by atoms with Crippen molar-refractivity contribution in [2.75, 3.05) is 5.32 Å². The molecule has 0 fully saturated rings. The Morgan fingerprint density at radius 1 is 1.20 bits per heavy atom. The summed E-state index contributed by atoms with van der Waals surface area (Å²) in [6.07, 6.45) is 4.64. The molecule has 0 atom stereocenters. The Morgan fingerprint density at radius 3 is 2.72 bits per heavy atom. The number of aryl methyl sites for hydroxylation is 2. The Balaban J connectivity index is 1.60. The molecule has 0 radical (unpaired) electrons. The predicted octanol–water partition coefficient (Wildman–Crippen LogP) is 3.25. The second-order valence-corrected chi connectivity index (χ2v) is 5.70. The van der Waals surface area contributed by atoms with E-state index in [4.69, 9.17) is 4.42 Å². The minimum atomic E-state index is -0.253. The number of anilines is 1. The lowest BCUT2D eigenvalue weighted by Crippen LogP contribution is -2.12. The molecule has 1 aromatic carbocycles. The van der Waals surface area contributed by atoms with Crippen molar-refractivity contribution in [2.45, 2.75) is 13.8 Å². The summed E-state index contributed by atoms with van der Waals surface area (Å²) in [6.45, 7) is 3.82. The normalized spacial score (nSPS) is 11.0. The van der Waals surface area contributed by atoms with Gasteiger partial charge in [0, 0.05) is 22.6 Å². The van der Waals surface area contributed by atoms with Gasteiger partial charge in [-0.15, -0.1) is 0 Å². The van der Waals surface area contributed by atoms with Crippen molar-refractivity contribution < 1.29 is 9.21 Å². The molecule has 0 bridgehead atoms. The lowest BCUT2D eigenvalue weighted by molar-refractivity contribution is 0.102. The zero-order valence-electron chi connectivity index (χ0n) is 13.7. The SMILES string of the molecule is Cc1cc(C)n2ncc(C(=O)Nc3ccc(-c4ncco4)cc3)c2n1. The second kappa shape index (κ2) is 5.86. The van der Waals surface area contributed by atoms with E-state index in [-0.39, 0.29) is 5.91 Å². The van der Waals surface area contributed by atoms with Crippen molar-refractivity contribution >= 4 is 17.2 Å². The summed E-state index contributed by atoms with van der Waals surface area (Å²) in [4.78, 5) is 21.1. The number of hydrogen-bond acceptors (Lipinski definition) is 5. The van der Waals surface area contributed by atoms with Gasteiger partial charge in [0.15, 0.2) is 5.65 Å². The number of fused-ring (bicyclic) bond motifs is 1. The number of aromatic nitrogens is 4. The standard InChI is InChI=1S/C18H15N5O2/c1-11-9-12(2)23-16(21-11)15(10-20-23)17(24)22-14-5-3-13(4-6-14)18-19-7-8-25-18/h3-10H,1-2H3,(H,22,24). The van der Waals surface area contributed by atoms with Crippen LogP contribution in [0.2, 0.25) is 0 Å².